The molecule has 1 fully saturated rings. The Labute approximate surface area is 82.4 Å². The van der Waals surface area contributed by atoms with Gasteiger partial charge < -0.3 is 5.32 Å². The van der Waals surface area contributed by atoms with E-state index < -0.39 is 0 Å². The molecule has 4 heteroatoms. The van der Waals surface area contributed by atoms with Gasteiger partial charge in [0.1, 0.15) is 0 Å². The van der Waals surface area contributed by atoms with Gasteiger partial charge in [0, 0.05) is 23.3 Å². The summed E-state index contributed by atoms with van der Waals surface area (Å²) in [4.78, 5) is 9.55. The second-order valence-corrected chi connectivity index (χ2v) is 4.29. The topological polar surface area (TPSA) is 37.8 Å². The Bertz CT molecular complexity index is 285. The van der Waals surface area contributed by atoms with E-state index in [4.69, 9.17) is 0 Å². The Hall–Kier alpha value is -0.770. The van der Waals surface area contributed by atoms with Crippen LogP contribution in [0.1, 0.15) is 13.3 Å². The molecule has 1 heterocycles. The molecular weight excluding hydrogens is 182 g/mol. The molecule has 1 aromatic rings. The van der Waals surface area contributed by atoms with Gasteiger partial charge in [-0.3, -0.25) is 0 Å². The molecule has 2 rings (SSSR count). The Morgan fingerprint density at radius 1 is 1.46 bits per heavy atom. The van der Waals surface area contributed by atoms with Crippen LogP contribution >= 0.6 is 11.8 Å². The SMILES string of the molecule is CSc1cnc(NC2CC2C)nc1. The van der Waals surface area contributed by atoms with Gasteiger partial charge in [-0.25, -0.2) is 9.97 Å². The number of nitrogens with one attached hydrogen (secondary N) is 1. The summed E-state index contributed by atoms with van der Waals surface area (Å²) in [6.07, 6.45) is 6.97. The van der Waals surface area contributed by atoms with E-state index in [9.17, 15) is 0 Å². The minimum Gasteiger partial charge on any atom is -0.351 e. The average molecular weight is 195 g/mol. The number of hydrogen-bond acceptors (Lipinski definition) is 4. The fourth-order valence-corrected chi connectivity index (χ4v) is 1.50. The number of hydrogen-bond donors (Lipinski definition) is 1. The summed E-state index contributed by atoms with van der Waals surface area (Å²) < 4.78 is 0. The third-order valence-corrected chi connectivity index (χ3v) is 2.97. The van der Waals surface area contributed by atoms with E-state index in [0.29, 0.717) is 6.04 Å². The fraction of sp³-hybridized carbons (Fsp3) is 0.556. The maximum absolute atomic E-state index is 4.22. The van der Waals surface area contributed by atoms with Crippen molar-refractivity contribution in [3.05, 3.63) is 12.4 Å². The van der Waals surface area contributed by atoms with E-state index in [1.807, 2.05) is 18.6 Å². The van der Waals surface area contributed by atoms with E-state index in [0.717, 1.165) is 16.8 Å². The zero-order valence-electron chi connectivity index (χ0n) is 7.82. The Kier molecular flexibility index (Phi) is 2.40. The highest BCUT2D eigenvalue weighted by Gasteiger charge is 2.32. The average Bonchev–Trinajstić information content (AvgIpc) is 2.83. The van der Waals surface area contributed by atoms with Gasteiger partial charge in [0.15, 0.2) is 0 Å². The van der Waals surface area contributed by atoms with E-state index in [1.54, 1.807) is 11.8 Å². The lowest BCUT2D eigenvalue weighted by atomic mass is 10.5. The van der Waals surface area contributed by atoms with Crippen molar-refractivity contribution in [2.75, 3.05) is 11.6 Å². The highest BCUT2D eigenvalue weighted by Crippen LogP contribution is 2.31. The lowest BCUT2D eigenvalue weighted by molar-refractivity contribution is 0.911. The predicted octanol–water partition coefficient (Wildman–Crippen LogP) is 2.02. The van der Waals surface area contributed by atoms with Gasteiger partial charge in [-0.15, -0.1) is 11.8 Å². The van der Waals surface area contributed by atoms with Crippen LogP contribution in [-0.4, -0.2) is 22.3 Å². The van der Waals surface area contributed by atoms with Crippen molar-refractivity contribution in [3.63, 3.8) is 0 Å². The summed E-state index contributed by atoms with van der Waals surface area (Å²) in [5.41, 5.74) is 0. The van der Waals surface area contributed by atoms with Crippen molar-refractivity contribution in [1.82, 2.24) is 9.97 Å². The molecule has 1 N–H and O–H groups in total. The van der Waals surface area contributed by atoms with Gasteiger partial charge in [0.2, 0.25) is 5.95 Å². The first-order chi connectivity index (χ1) is 6.29. The van der Waals surface area contributed by atoms with E-state index >= 15 is 0 Å². The van der Waals surface area contributed by atoms with Crippen LogP contribution in [0.15, 0.2) is 17.3 Å². The molecule has 0 saturated heterocycles. The van der Waals surface area contributed by atoms with E-state index in [2.05, 4.69) is 22.2 Å². The van der Waals surface area contributed by atoms with Gasteiger partial charge in [0.05, 0.1) is 0 Å². The first kappa shape index (κ1) is 8.81. The van der Waals surface area contributed by atoms with Crippen LogP contribution in [-0.2, 0) is 0 Å². The number of thioether (sulfide) groups is 1. The molecule has 0 bridgehead atoms. The number of nitrogens with zero attached hydrogens (tertiary/aromatic N) is 2. The quantitative estimate of drug-likeness (QED) is 0.749. The summed E-state index contributed by atoms with van der Waals surface area (Å²) in [7, 11) is 0. The second kappa shape index (κ2) is 3.54. The van der Waals surface area contributed by atoms with Gasteiger partial charge in [-0.05, 0) is 18.6 Å². The smallest absolute Gasteiger partial charge is 0.222 e. The first-order valence-electron chi connectivity index (χ1n) is 4.42. The largest absolute Gasteiger partial charge is 0.351 e. The van der Waals surface area contributed by atoms with Crippen LogP contribution in [0.3, 0.4) is 0 Å². The summed E-state index contributed by atoms with van der Waals surface area (Å²) in [6.45, 7) is 2.23. The molecule has 3 nitrogen and oxygen atoms in total. The molecule has 0 amide bonds. The van der Waals surface area contributed by atoms with Crippen molar-refractivity contribution < 1.29 is 0 Å². The zero-order chi connectivity index (χ0) is 9.26. The maximum Gasteiger partial charge on any atom is 0.222 e. The molecular formula is C9H13N3S. The van der Waals surface area contributed by atoms with Crippen LogP contribution in [0, 0.1) is 5.92 Å². The highest BCUT2D eigenvalue weighted by atomic mass is 32.2. The third kappa shape index (κ3) is 2.12. The minimum atomic E-state index is 0.597. The molecule has 1 saturated carbocycles. The standard InChI is InChI=1S/C9H13N3S/c1-6-3-8(6)12-9-10-4-7(13-2)5-11-9/h4-6,8H,3H2,1-2H3,(H,10,11,12). The van der Waals surface area contributed by atoms with Crippen molar-refractivity contribution >= 4 is 17.7 Å². The van der Waals surface area contributed by atoms with Gasteiger partial charge in [0.25, 0.3) is 0 Å². The molecule has 0 aromatic carbocycles. The third-order valence-electron chi connectivity index (χ3n) is 2.29. The summed E-state index contributed by atoms with van der Waals surface area (Å²) in [5, 5.41) is 3.29. The number of aromatic nitrogens is 2. The molecule has 0 radical (unpaired) electrons. The van der Waals surface area contributed by atoms with Crippen molar-refractivity contribution in [3.8, 4) is 0 Å². The van der Waals surface area contributed by atoms with Gasteiger partial charge in [-0.2, -0.15) is 0 Å². The maximum atomic E-state index is 4.22. The zero-order valence-corrected chi connectivity index (χ0v) is 8.64. The number of anilines is 1. The Balaban J connectivity index is 1.97. The Morgan fingerprint density at radius 2 is 2.08 bits per heavy atom. The van der Waals surface area contributed by atoms with Crippen LogP contribution in [0.2, 0.25) is 0 Å². The van der Waals surface area contributed by atoms with Crippen molar-refractivity contribution in [2.45, 2.75) is 24.3 Å². The molecule has 0 aliphatic heterocycles. The summed E-state index contributed by atoms with van der Waals surface area (Å²) in [5.74, 6) is 1.54. The lowest BCUT2D eigenvalue weighted by Gasteiger charge is -2.02. The summed E-state index contributed by atoms with van der Waals surface area (Å²) >= 11 is 1.66. The molecule has 1 aliphatic rings. The van der Waals surface area contributed by atoms with E-state index in [-0.39, 0.29) is 0 Å². The van der Waals surface area contributed by atoms with Crippen molar-refractivity contribution in [2.24, 2.45) is 5.92 Å². The van der Waals surface area contributed by atoms with Crippen LogP contribution in [0.25, 0.3) is 0 Å². The molecule has 1 aromatic heterocycles. The fourth-order valence-electron chi connectivity index (χ4n) is 1.19. The molecule has 2 atom stereocenters. The predicted molar refractivity (Wildman–Crippen MR) is 55.0 cm³/mol. The normalized spacial score (nSPS) is 25.7. The first-order valence-corrected chi connectivity index (χ1v) is 5.64. The molecule has 1 aliphatic carbocycles. The van der Waals surface area contributed by atoms with Crippen LogP contribution in [0.5, 0.6) is 0 Å². The molecule has 13 heavy (non-hydrogen) atoms. The summed E-state index contributed by atoms with van der Waals surface area (Å²) in [6, 6.07) is 0.597. The minimum absolute atomic E-state index is 0.597. The molecule has 70 valence electrons. The van der Waals surface area contributed by atoms with Gasteiger partial charge in [-0.1, -0.05) is 6.92 Å². The highest BCUT2D eigenvalue weighted by molar-refractivity contribution is 7.98. The van der Waals surface area contributed by atoms with Crippen LogP contribution < -0.4 is 5.32 Å². The van der Waals surface area contributed by atoms with E-state index in [1.165, 1.54) is 6.42 Å². The molecule has 2 unspecified atom stereocenters. The Morgan fingerprint density at radius 3 is 2.54 bits per heavy atom. The van der Waals surface area contributed by atoms with Crippen molar-refractivity contribution in [1.29, 1.82) is 0 Å². The number of rotatable bonds is 3. The second-order valence-electron chi connectivity index (χ2n) is 3.41. The monoisotopic (exact) mass is 195 g/mol. The van der Waals surface area contributed by atoms with Gasteiger partial charge >= 0.3 is 0 Å². The lowest BCUT2D eigenvalue weighted by Crippen LogP contribution is -2.06. The van der Waals surface area contributed by atoms with Crippen LogP contribution in [0.4, 0.5) is 5.95 Å². The molecule has 0 spiro atoms.